The van der Waals surface area contributed by atoms with Gasteiger partial charge in [-0.2, -0.15) is 0 Å². The summed E-state index contributed by atoms with van der Waals surface area (Å²) in [5.74, 6) is -0.0783. The lowest BCUT2D eigenvalue weighted by Gasteiger charge is -2.20. The number of aryl methyl sites for hydroxylation is 3. The topological polar surface area (TPSA) is 45.2 Å². The Hall–Kier alpha value is -2.07. The molecule has 0 bridgehead atoms. The molecule has 0 fully saturated rings. The predicted octanol–water partition coefficient (Wildman–Crippen LogP) is 3.74. The average molecular weight is 318 g/mol. The normalized spacial score (nSPS) is 10.4. The van der Waals surface area contributed by atoms with Crippen LogP contribution in [0.3, 0.4) is 0 Å². The van der Waals surface area contributed by atoms with Gasteiger partial charge in [0.1, 0.15) is 0 Å². The molecule has 0 aliphatic carbocycles. The van der Waals surface area contributed by atoms with E-state index in [1.165, 1.54) is 5.56 Å². The highest BCUT2D eigenvalue weighted by Gasteiger charge is 2.12. The molecule has 0 saturated carbocycles. The van der Waals surface area contributed by atoms with Crippen LogP contribution < -0.4 is 10.2 Å². The molecule has 0 aliphatic heterocycles. The Labute approximate surface area is 136 Å². The molecular weight excluding hydrogens is 298 g/mol. The number of halogens is 1. The maximum absolute atomic E-state index is 12.3. The summed E-state index contributed by atoms with van der Waals surface area (Å²) in [6.45, 7) is 6.26. The molecule has 1 N–H and O–H groups in total. The van der Waals surface area contributed by atoms with Gasteiger partial charge in [-0.3, -0.25) is 9.78 Å². The highest BCUT2D eigenvalue weighted by molar-refractivity contribution is 6.33. The molecule has 1 amide bonds. The van der Waals surface area contributed by atoms with Crippen molar-refractivity contribution in [2.75, 3.05) is 23.8 Å². The third kappa shape index (κ3) is 3.77. The molecule has 1 aromatic carbocycles. The summed E-state index contributed by atoms with van der Waals surface area (Å²) in [7, 11) is 1.83. The number of carbonyl (C=O) groups excluding carboxylic acids is 1. The lowest BCUT2D eigenvalue weighted by Crippen LogP contribution is -2.30. The van der Waals surface area contributed by atoms with E-state index in [0.29, 0.717) is 5.02 Å². The minimum atomic E-state index is -0.0783. The molecule has 1 heterocycles. The number of nitrogens with zero attached hydrogens (tertiary/aromatic N) is 2. The molecule has 0 spiro atoms. The summed E-state index contributed by atoms with van der Waals surface area (Å²) in [4.78, 5) is 18.0. The van der Waals surface area contributed by atoms with Gasteiger partial charge in [0.2, 0.25) is 5.91 Å². The van der Waals surface area contributed by atoms with E-state index in [4.69, 9.17) is 11.6 Å². The van der Waals surface area contributed by atoms with Crippen LogP contribution in [0.5, 0.6) is 0 Å². The number of carbonyl (C=O) groups is 1. The number of likely N-dealkylation sites (N-methyl/N-ethyl adjacent to an activating group) is 1. The zero-order chi connectivity index (χ0) is 16.3. The first-order valence-electron chi connectivity index (χ1n) is 7.07. The van der Waals surface area contributed by atoms with Crippen molar-refractivity contribution in [3.63, 3.8) is 0 Å². The van der Waals surface area contributed by atoms with Gasteiger partial charge in [-0.25, -0.2) is 0 Å². The van der Waals surface area contributed by atoms with Gasteiger partial charge in [0.15, 0.2) is 0 Å². The van der Waals surface area contributed by atoms with E-state index in [1.54, 1.807) is 23.4 Å². The first kappa shape index (κ1) is 16.3. The first-order valence-corrected chi connectivity index (χ1v) is 7.44. The third-order valence-corrected chi connectivity index (χ3v) is 3.78. The number of pyridine rings is 1. The number of anilines is 2. The van der Waals surface area contributed by atoms with Crippen molar-refractivity contribution >= 4 is 28.9 Å². The molecule has 1 aromatic heterocycles. The van der Waals surface area contributed by atoms with Gasteiger partial charge >= 0.3 is 0 Å². The molecule has 0 atom stereocenters. The van der Waals surface area contributed by atoms with Crippen LogP contribution in [-0.2, 0) is 4.79 Å². The SMILES string of the molecule is Cc1cc(C)c(NC(=O)CN(C)c2ccncc2Cl)c(C)c1. The van der Waals surface area contributed by atoms with Crippen LogP contribution in [0, 0.1) is 20.8 Å². The number of nitrogens with one attached hydrogen (secondary N) is 1. The number of rotatable bonds is 4. The Morgan fingerprint density at radius 1 is 1.27 bits per heavy atom. The Morgan fingerprint density at radius 2 is 1.91 bits per heavy atom. The molecule has 116 valence electrons. The van der Waals surface area contributed by atoms with Crippen LogP contribution in [-0.4, -0.2) is 24.5 Å². The van der Waals surface area contributed by atoms with Gasteiger partial charge < -0.3 is 10.2 Å². The summed E-state index contributed by atoms with van der Waals surface area (Å²) < 4.78 is 0. The van der Waals surface area contributed by atoms with Crippen LogP contribution in [0.15, 0.2) is 30.6 Å². The lowest BCUT2D eigenvalue weighted by atomic mass is 10.1. The van der Waals surface area contributed by atoms with Crippen molar-refractivity contribution in [3.8, 4) is 0 Å². The molecule has 2 rings (SSSR count). The van der Waals surface area contributed by atoms with Crippen LogP contribution in [0.25, 0.3) is 0 Å². The zero-order valence-corrected chi connectivity index (χ0v) is 14.0. The molecule has 0 saturated heterocycles. The summed E-state index contributed by atoms with van der Waals surface area (Å²) >= 11 is 6.09. The highest BCUT2D eigenvalue weighted by Crippen LogP contribution is 2.24. The fraction of sp³-hybridized carbons (Fsp3) is 0.294. The average Bonchev–Trinajstić information content (AvgIpc) is 2.43. The number of amides is 1. The van der Waals surface area contributed by atoms with Gasteiger partial charge in [-0.1, -0.05) is 29.3 Å². The highest BCUT2D eigenvalue weighted by atomic mass is 35.5. The van der Waals surface area contributed by atoms with Gasteiger partial charge in [-0.15, -0.1) is 0 Å². The van der Waals surface area contributed by atoms with Crippen molar-refractivity contribution in [2.45, 2.75) is 20.8 Å². The molecule has 22 heavy (non-hydrogen) atoms. The number of hydrogen-bond donors (Lipinski definition) is 1. The quantitative estimate of drug-likeness (QED) is 0.934. The molecule has 4 nitrogen and oxygen atoms in total. The maximum atomic E-state index is 12.3. The molecule has 2 aromatic rings. The van der Waals surface area contributed by atoms with Crippen LogP contribution in [0.2, 0.25) is 5.02 Å². The van der Waals surface area contributed by atoms with Gasteiger partial charge in [-0.05, 0) is 38.0 Å². The van der Waals surface area contributed by atoms with E-state index < -0.39 is 0 Å². The maximum Gasteiger partial charge on any atom is 0.243 e. The van der Waals surface area contributed by atoms with E-state index in [-0.39, 0.29) is 12.5 Å². The van der Waals surface area contributed by atoms with Gasteiger partial charge in [0.25, 0.3) is 0 Å². The van der Waals surface area contributed by atoms with E-state index in [9.17, 15) is 4.79 Å². The van der Waals surface area contributed by atoms with Crippen LogP contribution in [0.4, 0.5) is 11.4 Å². The summed E-state index contributed by atoms with van der Waals surface area (Å²) in [6, 6.07) is 5.91. The van der Waals surface area contributed by atoms with E-state index in [2.05, 4.69) is 22.4 Å². The Bertz CT molecular complexity index is 677. The monoisotopic (exact) mass is 317 g/mol. The van der Waals surface area contributed by atoms with Crippen LogP contribution in [0.1, 0.15) is 16.7 Å². The molecular formula is C17H20ClN3O. The largest absolute Gasteiger partial charge is 0.364 e. The Morgan fingerprint density at radius 3 is 2.50 bits per heavy atom. The molecule has 0 unspecified atom stereocenters. The number of hydrogen-bond acceptors (Lipinski definition) is 3. The van der Waals surface area contributed by atoms with Crippen molar-refractivity contribution in [1.29, 1.82) is 0 Å². The predicted molar refractivity (Wildman–Crippen MR) is 91.8 cm³/mol. The van der Waals surface area contributed by atoms with Gasteiger partial charge in [0.05, 0.1) is 17.3 Å². The van der Waals surface area contributed by atoms with E-state index in [1.807, 2.05) is 27.8 Å². The minimum absolute atomic E-state index is 0.0783. The van der Waals surface area contributed by atoms with Gasteiger partial charge in [0, 0.05) is 25.1 Å². The van der Waals surface area contributed by atoms with E-state index in [0.717, 1.165) is 22.5 Å². The Kier molecular flexibility index (Phi) is 5.03. The summed E-state index contributed by atoms with van der Waals surface area (Å²) in [6.07, 6.45) is 3.23. The molecule has 0 radical (unpaired) electrons. The summed E-state index contributed by atoms with van der Waals surface area (Å²) in [5.41, 5.74) is 4.98. The fourth-order valence-electron chi connectivity index (χ4n) is 2.53. The number of aromatic nitrogens is 1. The smallest absolute Gasteiger partial charge is 0.243 e. The second kappa shape index (κ2) is 6.79. The first-order chi connectivity index (χ1) is 10.4. The Balaban J connectivity index is 2.09. The molecule has 5 heteroatoms. The fourth-order valence-corrected chi connectivity index (χ4v) is 2.80. The van der Waals surface area contributed by atoms with Crippen molar-refractivity contribution < 1.29 is 4.79 Å². The second-order valence-electron chi connectivity index (χ2n) is 5.51. The number of benzene rings is 1. The van der Waals surface area contributed by atoms with Crippen molar-refractivity contribution in [1.82, 2.24) is 4.98 Å². The van der Waals surface area contributed by atoms with Crippen molar-refractivity contribution in [2.24, 2.45) is 0 Å². The molecule has 0 aliphatic rings. The summed E-state index contributed by atoms with van der Waals surface area (Å²) in [5, 5.41) is 3.51. The third-order valence-electron chi connectivity index (χ3n) is 3.48. The van der Waals surface area contributed by atoms with Crippen LogP contribution >= 0.6 is 11.6 Å². The minimum Gasteiger partial charge on any atom is -0.364 e. The lowest BCUT2D eigenvalue weighted by molar-refractivity contribution is -0.114. The second-order valence-corrected chi connectivity index (χ2v) is 5.91. The van der Waals surface area contributed by atoms with E-state index >= 15 is 0 Å². The van der Waals surface area contributed by atoms with Crippen molar-refractivity contribution in [3.05, 3.63) is 52.3 Å². The standard InChI is InChI=1S/C17H20ClN3O/c1-11-7-12(2)17(13(3)8-11)20-16(22)10-21(4)15-5-6-19-9-14(15)18/h5-9H,10H2,1-4H3,(H,20,22). The zero-order valence-electron chi connectivity index (χ0n) is 13.3.